The fourth-order valence-electron chi connectivity index (χ4n) is 2.97. The first-order valence-electron chi connectivity index (χ1n) is 6.92. The molecule has 1 aliphatic carbocycles. The van der Waals surface area contributed by atoms with Crippen LogP contribution in [0.3, 0.4) is 0 Å². The van der Waals surface area contributed by atoms with E-state index in [0.29, 0.717) is 17.6 Å². The summed E-state index contributed by atoms with van der Waals surface area (Å²) in [5.74, 6) is 2.50. The van der Waals surface area contributed by atoms with Crippen LogP contribution in [0.25, 0.3) is 0 Å². The predicted octanol–water partition coefficient (Wildman–Crippen LogP) is 4.54. The van der Waals surface area contributed by atoms with Crippen molar-refractivity contribution < 1.29 is 4.79 Å². The average molecular weight is 234 g/mol. The second-order valence-electron chi connectivity index (χ2n) is 5.43. The zero-order valence-corrected chi connectivity index (χ0v) is 11.2. The Morgan fingerprint density at radius 1 is 1.18 bits per heavy atom. The molecule has 1 nitrogen and oxygen atoms in total. The van der Waals surface area contributed by atoms with Crippen LogP contribution in [0.15, 0.2) is 25.3 Å². The summed E-state index contributed by atoms with van der Waals surface area (Å²) in [5.41, 5.74) is 0. The lowest BCUT2D eigenvalue weighted by molar-refractivity contribution is -0.117. The lowest BCUT2D eigenvalue weighted by Gasteiger charge is -2.15. The molecule has 0 N–H and O–H groups in total. The topological polar surface area (TPSA) is 17.1 Å². The van der Waals surface area contributed by atoms with Crippen molar-refractivity contribution in [2.24, 2.45) is 17.8 Å². The molecular weight excluding hydrogens is 208 g/mol. The van der Waals surface area contributed by atoms with Gasteiger partial charge in [0.1, 0.15) is 5.78 Å². The van der Waals surface area contributed by atoms with Crippen LogP contribution in [-0.4, -0.2) is 5.78 Å². The van der Waals surface area contributed by atoms with Crippen molar-refractivity contribution in [1.29, 1.82) is 0 Å². The number of hydrogen-bond donors (Lipinski definition) is 0. The van der Waals surface area contributed by atoms with Crippen LogP contribution in [0.2, 0.25) is 0 Å². The molecule has 0 heterocycles. The highest BCUT2D eigenvalue weighted by atomic mass is 16.1. The van der Waals surface area contributed by atoms with Gasteiger partial charge in [0, 0.05) is 6.42 Å². The number of unbranched alkanes of at least 4 members (excludes halogenated alkanes) is 2. The Morgan fingerprint density at radius 2 is 1.94 bits per heavy atom. The van der Waals surface area contributed by atoms with Gasteiger partial charge < -0.3 is 4.79 Å². The molecule has 17 heavy (non-hydrogen) atoms. The first-order valence-corrected chi connectivity index (χ1v) is 6.92. The molecule has 0 aromatic heterocycles. The van der Waals surface area contributed by atoms with Gasteiger partial charge in [-0.05, 0) is 50.4 Å². The normalized spacial score (nSPS) is 27.9. The van der Waals surface area contributed by atoms with Crippen LogP contribution < -0.4 is 0 Å². The van der Waals surface area contributed by atoms with Gasteiger partial charge in [0.2, 0.25) is 0 Å². The third kappa shape index (κ3) is 4.89. The largest absolute Gasteiger partial charge is 0.300 e. The lowest BCUT2D eigenvalue weighted by Crippen LogP contribution is -2.04. The van der Waals surface area contributed by atoms with Crippen LogP contribution in [-0.2, 0) is 4.79 Å². The Bertz CT molecular complexity index is 267. The summed E-state index contributed by atoms with van der Waals surface area (Å²) >= 11 is 0. The molecule has 0 saturated heterocycles. The van der Waals surface area contributed by atoms with E-state index in [1.54, 1.807) is 6.92 Å². The molecule has 96 valence electrons. The quantitative estimate of drug-likeness (QED) is 0.445. The molecule has 1 saturated carbocycles. The summed E-state index contributed by atoms with van der Waals surface area (Å²) in [7, 11) is 0. The van der Waals surface area contributed by atoms with E-state index < -0.39 is 0 Å². The molecule has 3 unspecified atom stereocenters. The van der Waals surface area contributed by atoms with E-state index in [1.165, 1.54) is 32.1 Å². The summed E-state index contributed by atoms with van der Waals surface area (Å²) in [4.78, 5) is 10.8. The minimum atomic E-state index is 0.321. The molecule has 0 radical (unpaired) electrons. The summed E-state index contributed by atoms with van der Waals surface area (Å²) in [6.07, 6.45) is 12.3. The van der Waals surface area contributed by atoms with Gasteiger partial charge in [0.05, 0.1) is 0 Å². The molecule has 3 atom stereocenters. The second-order valence-corrected chi connectivity index (χ2v) is 5.43. The predicted molar refractivity (Wildman–Crippen MR) is 73.9 cm³/mol. The molecule has 0 aromatic rings. The third-order valence-electron chi connectivity index (χ3n) is 4.03. The SMILES string of the molecule is C=CC1CC(C=C)C(CCCCCC(C)=O)C1. The van der Waals surface area contributed by atoms with Crippen molar-refractivity contribution >= 4 is 5.78 Å². The van der Waals surface area contributed by atoms with Crippen LogP contribution >= 0.6 is 0 Å². The smallest absolute Gasteiger partial charge is 0.129 e. The number of ketones is 1. The Kier molecular flexibility index (Phi) is 6.25. The van der Waals surface area contributed by atoms with Crippen molar-refractivity contribution in [2.45, 2.75) is 51.9 Å². The molecule has 0 spiro atoms. The molecular formula is C16H26O. The standard InChI is InChI=1S/C16H26O/c1-4-14-11-15(5-2)16(12-14)10-8-6-7-9-13(3)17/h4-5,14-16H,1-2,6-12H2,3H3. The first kappa shape index (κ1) is 14.2. The Balaban J connectivity index is 2.19. The van der Waals surface area contributed by atoms with Gasteiger partial charge in [-0.15, -0.1) is 13.2 Å². The van der Waals surface area contributed by atoms with E-state index in [-0.39, 0.29) is 0 Å². The Labute approximate surface area is 106 Å². The Morgan fingerprint density at radius 3 is 2.53 bits per heavy atom. The van der Waals surface area contributed by atoms with Crippen LogP contribution in [0.4, 0.5) is 0 Å². The maximum Gasteiger partial charge on any atom is 0.129 e. The van der Waals surface area contributed by atoms with E-state index in [1.807, 2.05) is 0 Å². The Hall–Kier alpha value is -0.850. The molecule has 1 heteroatoms. The van der Waals surface area contributed by atoms with Crippen LogP contribution in [0.5, 0.6) is 0 Å². The van der Waals surface area contributed by atoms with Crippen LogP contribution in [0.1, 0.15) is 51.9 Å². The maximum atomic E-state index is 10.8. The molecule has 0 bridgehead atoms. The van der Waals surface area contributed by atoms with Crippen molar-refractivity contribution in [1.82, 2.24) is 0 Å². The van der Waals surface area contributed by atoms with Crippen molar-refractivity contribution in [3.63, 3.8) is 0 Å². The highest BCUT2D eigenvalue weighted by Gasteiger charge is 2.29. The summed E-state index contributed by atoms with van der Waals surface area (Å²) in [5, 5.41) is 0. The number of carbonyl (C=O) groups is 1. The van der Waals surface area contributed by atoms with E-state index >= 15 is 0 Å². The molecule has 0 aliphatic heterocycles. The number of allylic oxidation sites excluding steroid dienone is 2. The number of hydrogen-bond acceptors (Lipinski definition) is 1. The van der Waals surface area contributed by atoms with Crippen molar-refractivity contribution in [3.05, 3.63) is 25.3 Å². The minimum absolute atomic E-state index is 0.321. The molecule has 1 aliphatic rings. The highest BCUT2D eigenvalue weighted by molar-refractivity contribution is 5.75. The van der Waals surface area contributed by atoms with Gasteiger partial charge in [-0.2, -0.15) is 0 Å². The van der Waals surface area contributed by atoms with Crippen molar-refractivity contribution in [3.8, 4) is 0 Å². The van der Waals surface area contributed by atoms with Gasteiger partial charge in [-0.25, -0.2) is 0 Å². The number of rotatable bonds is 8. The van der Waals surface area contributed by atoms with E-state index in [9.17, 15) is 4.79 Å². The average Bonchev–Trinajstić information content (AvgIpc) is 2.70. The molecule has 0 amide bonds. The second kappa shape index (κ2) is 7.47. The summed E-state index contributed by atoms with van der Waals surface area (Å²) in [6.45, 7) is 9.53. The van der Waals surface area contributed by atoms with E-state index in [0.717, 1.165) is 18.8 Å². The van der Waals surface area contributed by atoms with E-state index in [4.69, 9.17) is 0 Å². The molecule has 0 aromatic carbocycles. The molecule has 1 fully saturated rings. The van der Waals surface area contributed by atoms with Gasteiger partial charge in [0.25, 0.3) is 0 Å². The monoisotopic (exact) mass is 234 g/mol. The van der Waals surface area contributed by atoms with Crippen LogP contribution in [0, 0.1) is 17.8 Å². The number of carbonyl (C=O) groups excluding carboxylic acids is 1. The third-order valence-corrected chi connectivity index (χ3v) is 4.03. The minimum Gasteiger partial charge on any atom is -0.300 e. The summed E-state index contributed by atoms with van der Waals surface area (Å²) < 4.78 is 0. The van der Waals surface area contributed by atoms with Gasteiger partial charge >= 0.3 is 0 Å². The number of Topliss-reactive ketones (excluding diaryl/α,β-unsaturated/α-hetero) is 1. The zero-order valence-electron chi connectivity index (χ0n) is 11.2. The van der Waals surface area contributed by atoms with Gasteiger partial charge in [0.15, 0.2) is 0 Å². The summed E-state index contributed by atoms with van der Waals surface area (Å²) in [6, 6.07) is 0. The maximum absolute atomic E-state index is 10.8. The van der Waals surface area contributed by atoms with Gasteiger partial charge in [-0.1, -0.05) is 25.0 Å². The first-order chi connectivity index (χ1) is 8.17. The van der Waals surface area contributed by atoms with Crippen molar-refractivity contribution in [2.75, 3.05) is 0 Å². The zero-order chi connectivity index (χ0) is 12.7. The fourth-order valence-corrected chi connectivity index (χ4v) is 2.97. The fraction of sp³-hybridized carbons (Fsp3) is 0.688. The lowest BCUT2D eigenvalue weighted by atomic mass is 9.90. The highest BCUT2D eigenvalue weighted by Crippen LogP contribution is 2.40. The van der Waals surface area contributed by atoms with Gasteiger partial charge in [-0.3, -0.25) is 0 Å². The van der Waals surface area contributed by atoms with E-state index in [2.05, 4.69) is 25.3 Å². The molecule has 1 rings (SSSR count).